The summed E-state index contributed by atoms with van der Waals surface area (Å²) in [7, 11) is 2.24. The predicted molar refractivity (Wildman–Crippen MR) is 67.8 cm³/mol. The van der Waals surface area contributed by atoms with Gasteiger partial charge in [-0.1, -0.05) is 0 Å². The molecular formula is C12H26N4. The number of nitrogens with zero attached hydrogens (tertiary/aromatic N) is 2. The van der Waals surface area contributed by atoms with E-state index < -0.39 is 0 Å². The normalized spacial score (nSPS) is 38.8. The van der Waals surface area contributed by atoms with Gasteiger partial charge in [0.2, 0.25) is 0 Å². The molecule has 2 aliphatic heterocycles. The summed E-state index contributed by atoms with van der Waals surface area (Å²) < 4.78 is 0. The van der Waals surface area contributed by atoms with Crippen LogP contribution in [-0.4, -0.2) is 74.2 Å². The highest BCUT2D eigenvalue weighted by atomic mass is 15.3. The molecule has 0 bridgehead atoms. The van der Waals surface area contributed by atoms with Crippen LogP contribution >= 0.6 is 0 Å². The largest absolute Gasteiger partial charge is 0.314 e. The number of hydrogen-bond acceptors (Lipinski definition) is 4. The summed E-state index contributed by atoms with van der Waals surface area (Å²) in [5, 5.41) is 7.05. The highest BCUT2D eigenvalue weighted by Crippen LogP contribution is 2.13. The van der Waals surface area contributed by atoms with Gasteiger partial charge in [0.25, 0.3) is 0 Å². The Bertz CT molecular complexity index is 203. The zero-order valence-corrected chi connectivity index (χ0v) is 10.9. The first kappa shape index (κ1) is 12.3. The van der Waals surface area contributed by atoms with Gasteiger partial charge in [-0.15, -0.1) is 0 Å². The van der Waals surface area contributed by atoms with Crippen molar-refractivity contribution in [3.8, 4) is 0 Å². The van der Waals surface area contributed by atoms with Crippen molar-refractivity contribution in [2.75, 3.05) is 46.3 Å². The molecule has 1 unspecified atom stereocenters. The molecule has 0 aromatic heterocycles. The standard InChI is InChI=1S/C12H26N4/c1-10-7-16(8-11(2)15(10)3)9-12-6-13-4-5-14-12/h10-14H,4-9H2,1-3H3/t10-,11+,12?. The van der Waals surface area contributed by atoms with Gasteiger partial charge in [-0.2, -0.15) is 0 Å². The maximum absolute atomic E-state index is 3.59. The van der Waals surface area contributed by atoms with E-state index in [4.69, 9.17) is 0 Å². The van der Waals surface area contributed by atoms with E-state index in [1.807, 2.05) is 0 Å². The Morgan fingerprint density at radius 1 is 1.12 bits per heavy atom. The topological polar surface area (TPSA) is 30.5 Å². The Morgan fingerprint density at radius 3 is 2.38 bits per heavy atom. The van der Waals surface area contributed by atoms with Gasteiger partial charge in [-0.3, -0.25) is 9.80 Å². The number of hydrogen-bond donors (Lipinski definition) is 2. The molecule has 3 atom stereocenters. The van der Waals surface area contributed by atoms with E-state index in [0.29, 0.717) is 18.1 Å². The summed E-state index contributed by atoms with van der Waals surface area (Å²) in [6.45, 7) is 11.6. The van der Waals surface area contributed by atoms with Crippen LogP contribution in [0.2, 0.25) is 0 Å². The Labute approximate surface area is 99.4 Å². The third-order valence-electron chi connectivity index (χ3n) is 4.04. The van der Waals surface area contributed by atoms with Gasteiger partial charge in [-0.25, -0.2) is 0 Å². The first-order chi connectivity index (χ1) is 7.66. The second kappa shape index (κ2) is 5.45. The van der Waals surface area contributed by atoms with Crippen LogP contribution in [0.3, 0.4) is 0 Å². The number of rotatable bonds is 2. The molecule has 2 N–H and O–H groups in total. The van der Waals surface area contributed by atoms with Crippen LogP contribution in [0.5, 0.6) is 0 Å². The quantitative estimate of drug-likeness (QED) is 0.669. The van der Waals surface area contributed by atoms with Crippen LogP contribution in [-0.2, 0) is 0 Å². The Hall–Kier alpha value is -0.160. The monoisotopic (exact) mass is 226 g/mol. The minimum Gasteiger partial charge on any atom is -0.314 e. The van der Waals surface area contributed by atoms with Crippen molar-refractivity contribution in [1.29, 1.82) is 0 Å². The SMILES string of the molecule is C[C@@H]1CN(CC2CNCCN2)C[C@H](C)N1C. The molecule has 0 aliphatic carbocycles. The van der Waals surface area contributed by atoms with Crippen molar-refractivity contribution in [1.82, 2.24) is 20.4 Å². The second-order valence-corrected chi connectivity index (χ2v) is 5.44. The van der Waals surface area contributed by atoms with Gasteiger partial charge >= 0.3 is 0 Å². The van der Waals surface area contributed by atoms with Gasteiger partial charge < -0.3 is 10.6 Å². The van der Waals surface area contributed by atoms with E-state index in [1.54, 1.807) is 0 Å². The van der Waals surface area contributed by atoms with Gasteiger partial charge in [0, 0.05) is 57.4 Å². The number of likely N-dealkylation sites (N-methyl/N-ethyl adjacent to an activating group) is 1. The summed E-state index contributed by atoms with van der Waals surface area (Å²) in [5.41, 5.74) is 0. The molecule has 2 saturated heterocycles. The molecular weight excluding hydrogens is 200 g/mol. The summed E-state index contributed by atoms with van der Waals surface area (Å²) in [4.78, 5) is 5.10. The fraction of sp³-hybridized carbons (Fsp3) is 1.00. The van der Waals surface area contributed by atoms with Crippen LogP contribution < -0.4 is 10.6 Å². The molecule has 0 aromatic carbocycles. The Kier molecular flexibility index (Phi) is 4.19. The van der Waals surface area contributed by atoms with Gasteiger partial charge in [0.15, 0.2) is 0 Å². The molecule has 2 fully saturated rings. The van der Waals surface area contributed by atoms with Crippen LogP contribution in [0.4, 0.5) is 0 Å². The Morgan fingerprint density at radius 2 is 1.81 bits per heavy atom. The zero-order valence-electron chi connectivity index (χ0n) is 10.9. The molecule has 0 aromatic rings. The van der Waals surface area contributed by atoms with Crippen LogP contribution in [0, 0.1) is 0 Å². The zero-order chi connectivity index (χ0) is 11.5. The smallest absolute Gasteiger partial charge is 0.0320 e. The Balaban J connectivity index is 1.81. The van der Waals surface area contributed by atoms with Crippen molar-refractivity contribution >= 4 is 0 Å². The second-order valence-electron chi connectivity index (χ2n) is 5.44. The first-order valence-corrected chi connectivity index (χ1v) is 6.55. The lowest BCUT2D eigenvalue weighted by Crippen LogP contribution is -2.59. The van der Waals surface area contributed by atoms with Crippen LogP contribution in [0.15, 0.2) is 0 Å². The molecule has 0 spiro atoms. The molecule has 4 nitrogen and oxygen atoms in total. The third-order valence-corrected chi connectivity index (χ3v) is 4.04. The van der Waals surface area contributed by atoms with Crippen molar-refractivity contribution in [3.05, 3.63) is 0 Å². The summed E-state index contributed by atoms with van der Waals surface area (Å²) in [5.74, 6) is 0. The van der Waals surface area contributed by atoms with Gasteiger partial charge in [0.1, 0.15) is 0 Å². The van der Waals surface area contributed by atoms with Crippen LogP contribution in [0.25, 0.3) is 0 Å². The van der Waals surface area contributed by atoms with E-state index in [2.05, 4.69) is 41.3 Å². The predicted octanol–water partition coefficient (Wildman–Crippen LogP) is -0.428. The van der Waals surface area contributed by atoms with Crippen molar-refractivity contribution in [2.45, 2.75) is 32.0 Å². The average molecular weight is 226 g/mol. The maximum atomic E-state index is 3.59. The summed E-state index contributed by atoms with van der Waals surface area (Å²) >= 11 is 0. The minimum atomic E-state index is 0.636. The summed E-state index contributed by atoms with van der Waals surface area (Å²) in [6, 6.07) is 2.00. The van der Waals surface area contributed by atoms with Crippen molar-refractivity contribution < 1.29 is 0 Å². The maximum Gasteiger partial charge on any atom is 0.0320 e. The molecule has 4 heteroatoms. The van der Waals surface area contributed by atoms with E-state index >= 15 is 0 Å². The highest BCUT2D eigenvalue weighted by Gasteiger charge is 2.27. The third kappa shape index (κ3) is 2.94. The first-order valence-electron chi connectivity index (χ1n) is 6.55. The number of piperazine rings is 2. The molecule has 2 heterocycles. The van der Waals surface area contributed by atoms with E-state index in [9.17, 15) is 0 Å². The number of nitrogens with one attached hydrogen (secondary N) is 2. The van der Waals surface area contributed by atoms with E-state index in [1.165, 1.54) is 19.6 Å². The molecule has 0 radical (unpaired) electrons. The molecule has 94 valence electrons. The fourth-order valence-electron chi connectivity index (χ4n) is 2.82. The van der Waals surface area contributed by atoms with Crippen molar-refractivity contribution in [2.24, 2.45) is 0 Å². The molecule has 0 amide bonds. The van der Waals surface area contributed by atoms with Gasteiger partial charge in [0.05, 0.1) is 0 Å². The average Bonchev–Trinajstić information content (AvgIpc) is 2.27. The lowest BCUT2D eigenvalue weighted by Gasteiger charge is -2.44. The van der Waals surface area contributed by atoms with Gasteiger partial charge in [-0.05, 0) is 20.9 Å². The van der Waals surface area contributed by atoms with Crippen molar-refractivity contribution in [3.63, 3.8) is 0 Å². The minimum absolute atomic E-state index is 0.636. The summed E-state index contributed by atoms with van der Waals surface area (Å²) in [6.07, 6.45) is 0. The fourth-order valence-corrected chi connectivity index (χ4v) is 2.82. The molecule has 0 saturated carbocycles. The lowest BCUT2D eigenvalue weighted by atomic mass is 10.1. The molecule has 2 rings (SSSR count). The van der Waals surface area contributed by atoms with Crippen LogP contribution in [0.1, 0.15) is 13.8 Å². The molecule has 16 heavy (non-hydrogen) atoms. The molecule has 2 aliphatic rings. The van der Waals surface area contributed by atoms with E-state index in [-0.39, 0.29) is 0 Å². The lowest BCUT2D eigenvalue weighted by molar-refractivity contribution is 0.0533. The highest BCUT2D eigenvalue weighted by molar-refractivity contribution is 4.86. The van der Waals surface area contributed by atoms with E-state index in [0.717, 1.165) is 19.6 Å².